The van der Waals surface area contributed by atoms with Crippen molar-refractivity contribution in [2.45, 2.75) is 45.1 Å². The summed E-state index contributed by atoms with van der Waals surface area (Å²) in [5.74, 6) is 0. The van der Waals surface area contributed by atoms with Crippen LogP contribution in [0.5, 0.6) is 0 Å². The summed E-state index contributed by atoms with van der Waals surface area (Å²) in [7, 11) is 2.04. The van der Waals surface area contributed by atoms with E-state index in [1.54, 1.807) is 10.4 Å². The van der Waals surface area contributed by atoms with Crippen molar-refractivity contribution in [3.63, 3.8) is 0 Å². The molecule has 1 aliphatic rings. The molecule has 0 aromatic carbocycles. The van der Waals surface area contributed by atoms with Gasteiger partial charge in [0.1, 0.15) is 0 Å². The molecular weight excluding hydrogens is 240 g/mol. The summed E-state index contributed by atoms with van der Waals surface area (Å²) in [6, 6.07) is 2.96. The number of rotatable bonds is 7. The Bertz CT molecular complexity index is 348. The maximum absolute atomic E-state index is 3.21. The Balaban J connectivity index is 1.68. The molecule has 2 rings (SSSR count). The van der Waals surface area contributed by atoms with Gasteiger partial charge in [-0.1, -0.05) is 12.8 Å². The minimum atomic E-state index is 0.636. The van der Waals surface area contributed by atoms with Gasteiger partial charge in [-0.15, -0.1) is 11.3 Å². The van der Waals surface area contributed by atoms with E-state index in [0.29, 0.717) is 6.04 Å². The van der Waals surface area contributed by atoms with E-state index < -0.39 is 0 Å². The summed E-state index contributed by atoms with van der Waals surface area (Å²) >= 11 is 1.93. The first-order chi connectivity index (χ1) is 8.83. The highest BCUT2D eigenvalue weighted by atomic mass is 32.1. The predicted molar refractivity (Wildman–Crippen MR) is 80.4 cm³/mol. The monoisotopic (exact) mass is 266 g/mol. The molecule has 2 nitrogen and oxygen atoms in total. The molecule has 18 heavy (non-hydrogen) atoms. The van der Waals surface area contributed by atoms with Gasteiger partial charge < -0.3 is 5.32 Å². The molecule has 0 saturated heterocycles. The second-order valence-electron chi connectivity index (χ2n) is 5.28. The highest BCUT2D eigenvalue weighted by Gasteiger charge is 2.23. The van der Waals surface area contributed by atoms with Crippen LogP contribution < -0.4 is 5.32 Å². The van der Waals surface area contributed by atoms with E-state index in [-0.39, 0.29) is 0 Å². The number of nitrogens with one attached hydrogen (secondary N) is 1. The highest BCUT2D eigenvalue weighted by Crippen LogP contribution is 2.32. The molecule has 0 amide bonds. The lowest BCUT2D eigenvalue weighted by atomic mass is 10.0. The topological polar surface area (TPSA) is 15.3 Å². The Hall–Kier alpha value is -0.380. The zero-order valence-electron chi connectivity index (χ0n) is 11.7. The zero-order valence-corrected chi connectivity index (χ0v) is 12.6. The number of unbranched alkanes of at least 4 members (excludes halogenated alkanes) is 3. The van der Waals surface area contributed by atoms with Crippen molar-refractivity contribution in [1.82, 2.24) is 10.2 Å². The Kier molecular flexibility index (Phi) is 5.67. The molecule has 0 spiro atoms. The van der Waals surface area contributed by atoms with Gasteiger partial charge in [0.15, 0.2) is 0 Å². The van der Waals surface area contributed by atoms with Crippen LogP contribution in [0, 0.1) is 0 Å². The van der Waals surface area contributed by atoms with E-state index in [1.165, 1.54) is 51.7 Å². The average Bonchev–Trinajstić information content (AvgIpc) is 2.85. The van der Waals surface area contributed by atoms with Gasteiger partial charge in [0.2, 0.25) is 0 Å². The largest absolute Gasteiger partial charge is 0.320 e. The maximum atomic E-state index is 3.21. The Morgan fingerprint density at radius 3 is 3.00 bits per heavy atom. The zero-order chi connectivity index (χ0) is 12.8. The van der Waals surface area contributed by atoms with Gasteiger partial charge >= 0.3 is 0 Å². The van der Waals surface area contributed by atoms with Crippen molar-refractivity contribution in [1.29, 1.82) is 0 Å². The number of nitrogens with zero attached hydrogens (tertiary/aromatic N) is 1. The molecular formula is C15H26N2S. The first-order valence-corrected chi connectivity index (χ1v) is 8.16. The van der Waals surface area contributed by atoms with Crippen molar-refractivity contribution < 1.29 is 0 Å². The van der Waals surface area contributed by atoms with Gasteiger partial charge in [0.25, 0.3) is 0 Å². The SMILES string of the molecule is CNCCCCCCN1CCc2sccc2C1C. The quantitative estimate of drug-likeness (QED) is 0.761. The molecule has 3 heteroatoms. The molecule has 0 fully saturated rings. The van der Waals surface area contributed by atoms with Crippen LogP contribution in [0.4, 0.5) is 0 Å². The molecule has 1 aliphatic heterocycles. The van der Waals surface area contributed by atoms with Crippen molar-refractivity contribution in [3.8, 4) is 0 Å². The standard InChI is InChI=1S/C15H26N2S/c1-13-14-8-12-18-15(14)7-11-17(13)10-6-4-3-5-9-16-2/h8,12-13,16H,3-7,9-11H2,1-2H3. The average molecular weight is 266 g/mol. The van der Waals surface area contributed by atoms with Crippen molar-refractivity contribution in [2.24, 2.45) is 0 Å². The van der Waals surface area contributed by atoms with Crippen LogP contribution in [-0.4, -0.2) is 31.6 Å². The molecule has 1 N–H and O–H groups in total. The molecule has 1 aromatic rings. The minimum Gasteiger partial charge on any atom is -0.320 e. The molecule has 2 heterocycles. The van der Waals surface area contributed by atoms with Crippen LogP contribution in [0.3, 0.4) is 0 Å². The van der Waals surface area contributed by atoms with Crippen LogP contribution in [0.25, 0.3) is 0 Å². The number of thiophene rings is 1. The van der Waals surface area contributed by atoms with Gasteiger partial charge in [0, 0.05) is 17.5 Å². The van der Waals surface area contributed by atoms with E-state index in [0.717, 1.165) is 0 Å². The molecule has 0 bridgehead atoms. The summed E-state index contributed by atoms with van der Waals surface area (Å²) in [5, 5.41) is 5.47. The van der Waals surface area contributed by atoms with E-state index in [9.17, 15) is 0 Å². The molecule has 102 valence electrons. The van der Waals surface area contributed by atoms with Crippen LogP contribution in [0.15, 0.2) is 11.4 Å². The normalized spacial score (nSPS) is 20.0. The predicted octanol–water partition coefficient (Wildman–Crippen LogP) is 3.45. The third kappa shape index (κ3) is 3.56. The Morgan fingerprint density at radius 2 is 2.17 bits per heavy atom. The third-order valence-corrected chi connectivity index (χ3v) is 5.02. The summed E-state index contributed by atoms with van der Waals surface area (Å²) in [4.78, 5) is 4.28. The van der Waals surface area contributed by atoms with Gasteiger partial charge in [-0.2, -0.15) is 0 Å². The summed E-state index contributed by atoms with van der Waals surface area (Å²) in [5.41, 5.74) is 1.58. The molecule has 1 aromatic heterocycles. The number of hydrogen-bond donors (Lipinski definition) is 1. The molecule has 0 radical (unpaired) electrons. The van der Waals surface area contributed by atoms with Crippen LogP contribution >= 0.6 is 11.3 Å². The molecule has 1 atom stereocenters. The minimum absolute atomic E-state index is 0.636. The van der Waals surface area contributed by atoms with E-state index in [1.807, 2.05) is 18.4 Å². The lowest BCUT2D eigenvalue weighted by molar-refractivity contribution is 0.196. The summed E-state index contributed by atoms with van der Waals surface area (Å²) in [6.45, 7) is 6.06. The lowest BCUT2D eigenvalue weighted by Gasteiger charge is -2.33. The number of fused-ring (bicyclic) bond motifs is 1. The summed E-state index contributed by atoms with van der Waals surface area (Å²) in [6.07, 6.45) is 6.68. The van der Waals surface area contributed by atoms with Crippen LogP contribution in [-0.2, 0) is 6.42 Å². The van der Waals surface area contributed by atoms with Gasteiger partial charge in [-0.05, 0) is 63.3 Å². The second-order valence-corrected chi connectivity index (χ2v) is 6.28. The Morgan fingerprint density at radius 1 is 1.33 bits per heavy atom. The summed E-state index contributed by atoms with van der Waals surface area (Å²) < 4.78 is 0. The van der Waals surface area contributed by atoms with Gasteiger partial charge in [-0.25, -0.2) is 0 Å². The first-order valence-electron chi connectivity index (χ1n) is 7.28. The molecule has 1 unspecified atom stereocenters. The van der Waals surface area contributed by atoms with E-state index in [4.69, 9.17) is 0 Å². The molecule has 0 aliphatic carbocycles. The fraction of sp³-hybridized carbons (Fsp3) is 0.733. The van der Waals surface area contributed by atoms with Crippen molar-refractivity contribution >= 4 is 11.3 Å². The fourth-order valence-electron chi connectivity index (χ4n) is 2.84. The van der Waals surface area contributed by atoms with Crippen molar-refractivity contribution in [3.05, 3.63) is 21.9 Å². The third-order valence-electron chi connectivity index (χ3n) is 4.03. The maximum Gasteiger partial charge on any atom is 0.0331 e. The van der Waals surface area contributed by atoms with E-state index >= 15 is 0 Å². The van der Waals surface area contributed by atoms with Gasteiger partial charge in [-0.3, -0.25) is 4.90 Å². The van der Waals surface area contributed by atoms with Crippen LogP contribution in [0.1, 0.15) is 49.1 Å². The molecule has 0 saturated carbocycles. The van der Waals surface area contributed by atoms with Crippen molar-refractivity contribution in [2.75, 3.05) is 26.7 Å². The number of hydrogen-bond acceptors (Lipinski definition) is 3. The highest BCUT2D eigenvalue weighted by molar-refractivity contribution is 7.10. The lowest BCUT2D eigenvalue weighted by Crippen LogP contribution is -2.33. The second kappa shape index (κ2) is 7.27. The van der Waals surface area contributed by atoms with Crippen LogP contribution in [0.2, 0.25) is 0 Å². The fourth-order valence-corrected chi connectivity index (χ4v) is 3.80. The smallest absolute Gasteiger partial charge is 0.0331 e. The first kappa shape index (κ1) is 14.0. The van der Waals surface area contributed by atoms with E-state index in [2.05, 4.69) is 28.6 Å². The van der Waals surface area contributed by atoms with Gasteiger partial charge in [0.05, 0.1) is 0 Å². The Labute approximate surface area is 115 Å².